The minimum atomic E-state index is 0.260. The maximum absolute atomic E-state index is 9.28. The standard InChI is InChI=1S/C13H16O2/c14-9-11-12-13(11,6-7-15-12)8-10-4-2-1-3-5-10/h1-5,11-12,14H,6-9H2/t11-,12-,13-/m1/s1. The van der Waals surface area contributed by atoms with Crippen molar-refractivity contribution in [3.63, 3.8) is 0 Å². The molecule has 1 aliphatic heterocycles. The second-order valence-corrected chi connectivity index (χ2v) is 4.73. The number of benzene rings is 1. The number of aliphatic hydroxyl groups excluding tert-OH is 1. The summed E-state index contributed by atoms with van der Waals surface area (Å²) in [4.78, 5) is 0. The first-order valence-electron chi connectivity index (χ1n) is 5.63. The van der Waals surface area contributed by atoms with Crippen LogP contribution < -0.4 is 0 Å². The second-order valence-electron chi connectivity index (χ2n) is 4.73. The second kappa shape index (κ2) is 3.32. The van der Waals surface area contributed by atoms with Gasteiger partial charge < -0.3 is 9.84 Å². The van der Waals surface area contributed by atoms with Gasteiger partial charge in [0.25, 0.3) is 0 Å². The normalized spacial score (nSPS) is 37.7. The Bertz CT molecular complexity index is 343. The first-order valence-corrected chi connectivity index (χ1v) is 5.63. The van der Waals surface area contributed by atoms with Crippen molar-refractivity contribution in [1.82, 2.24) is 0 Å². The molecule has 1 aromatic rings. The minimum absolute atomic E-state index is 0.260. The molecule has 80 valence electrons. The fraction of sp³-hybridized carbons (Fsp3) is 0.538. The Morgan fingerprint density at radius 3 is 2.80 bits per heavy atom. The van der Waals surface area contributed by atoms with Crippen LogP contribution in [0.4, 0.5) is 0 Å². The third kappa shape index (κ3) is 1.32. The molecule has 2 heteroatoms. The van der Waals surface area contributed by atoms with Crippen molar-refractivity contribution in [2.24, 2.45) is 11.3 Å². The average molecular weight is 204 g/mol. The third-order valence-corrected chi connectivity index (χ3v) is 4.00. The van der Waals surface area contributed by atoms with Gasteiger partial charge in [0.15, 0.2) is 0 Å². The molecular weight excluding hydrogens is 188 g/mol. The number of rotatable bonds is 3. The highest BCUT2D eigenvalue weighted by molar-refractivity contribution is 5.24. The van der Waals surface area contributed by atoms with E-state index in [4.69, 9.17) is 4.74 Å². The van der Waals surface area contributed by atoms with Crippen molar-refractivity contribution >= 4 is 0 Å². The summed E-state index contributed by atoms with van der Waals surface area (Å²) in [5.74, 6) is 0.381. The average Bonchev–Trinajstić information content (AvgIpc) is 2.65. The predicted molar refractivity (Wildman–Crippen MR) is 57.5 cm³/mol. The Balaban J connectivity index is 1.78. The van der Waals surface area contributed by atoms with Crippen LogP contribution in [0.25, 0.3) is 0 Å². The van der Waals surface area contributed by atoms with E-state index >= 15 is 0 Å². The molecule has 1 saturated heterocycles. The molecular formula is C13H16O2. The number of aliphatic hydroxyl groups is 1. The smallest absolute Gasteiger partial charge is 0.0696 e. The van der Waals surface area contributed by atoms with Gasteiger partial charge in [0.1, 0.15) is 0 Å². The van der Waals surface area contributed by atoms with E-state index < -0.39 is 0 Å². The Kier molecular flexibility index (Phi) is 2.08. The monoisotopic (exact) mass is 204 g/mol. The van der Waals surface area contributed by atoms with E-state index in [0.29, 0.717) is 12.0 Å². The molecule has 0 amide bonds. The highest BCUT2D eigenvalue weighted by Gasteiger charge is 2.67. The number of hydrogen-bond acceptors (Lipinski definition) is 2. The lowest BCUT2D eigenvalue weighted by atomic mass is 9.91. The van der Waals surface area contributed by atoms with Gasteiger partial charge in [0.05, 0.1) is 6.10 Å². The molecule has 2 fully saturated rings. The van der Waals surface area contributed by atoms with Crippen LogP contribution in [0, 0.1) is 11.3 Å². The zero-order valence-corrected chi connectivity index (χ0v) is 8.73. The van der Waals surface area contributed by atoms with Gasteiger partial charge in [-0.2, -0.15) is 0 Å². The molecule has 0 bridgehead atoms. The lowest BCUT2D eigenvalue weighted by Gasteiger charge is -2.12. The summed E-state index contributed by atoms with van der Waals surface area (Å²) >= 11 is 0. The van der Waals surface area contributed by atoms with Gasteiger partial charge in [-0.3, -0.25) is 0 Å². The fourth-order valence-corrected chi connectivity index (χ4v) is 3.10. The zero-order chi connectivity index (χ0) is 10.3. The van der Waals surface area contributed by atoms with Gasteiger partial charge >= 0.3 is 0 Å². The quantitative estimate of drug-likeness (QED) is 0.810. The van der Waals surface area contributed by atoms with Crippen molar-refractivity contribution in [2.75, 3.05) is 13.2 Å². The molecule has 1 aliphatic carbocycles. The maximum Gasteiger partial charge on any atom is 0.0696 e. The molecule has 1 saturated carbocycles. The van der Waals surface area contributed by atoms with E-state index in [0.717, 1.165) is 19.4 Å². The van der Waals surface area contributed by atoms with E-state index in [-0.39, 0.29) is 12.0 Å². The predicted octanol–water partition coefficient (Wildman–Crippen LogP) is 1.63. The summed E-state index contributed by atoms with van der Waals surface area (Å²) in [7, 11) is 0. The van der Waals surface area contributed by atoms with Crippen molar-refractivity contribution in [3.8, 4) is 0 Å². The summed E-state index contributed by atoms with van der Waals surface area (Å²) in [6, 6.07) is 10.5. The fourth-order valence-electron chi connectivity index (χ4n) is 3.10. The van der Waals surface area contributed by atoms with Crippen LogP contribution in [0.2, 0.25) is 0 Å². The summed E-state index contributed by atoms with van der Waals surface area (Å²) in [6.07, 6.45) is 2.49. The molecule has 2 nitrogen and oxygen atoms in total. The van der Waals surface area contributed by atoms with Crippen LogP contribution in [0.15, 0.2) is 30.3 Å². The Morgan fingerprint density at radius 1 is 1.33 bits per heavy atom. The summed E-state index contributed by atoms with van der Waals surface area (Å²) in [6.45, 7) is 1.14. The first kappa shape index (κ1) is 9.37. The van der Waals surface area contributed by atoms with Gasteiger partial charge in [-0.1, -0.05) is 30.3 Å². The van der Waals surface area contributed by atoms with Gasteiger partial charge in [0, 0.05) is 24.5 Å². The summed E-state index contributed by atoms with van der Waals surface area (Å²) < 4.78 is 5.65. The highest BCUT2D eigenvalue weighted by atomic mass is 16.5. The van der Waals surface area contributed by atoms with Crippen LogP contribution in [0.1, 0.15) is 12.0 Å². The topological polar surface area (TPSA) is 29.5 Å². The van der Waals surface area contributed by atoms with Crippen molar-refractivity contribution < 1.29 is 9.84 Å². The van der Waals surface area contributed by atoms with Crippen molar-refractivity contribution in [2.45, 2.75) is 18.9 Å². The first-order chi connectivity index (χ1) is 7.37. The lowest BCUT2D eigenvalue weighted by molar-refractivity contribution is 0.119. The van der Waals surface area contributed by atoms with Crippen molar-refractivity contribution in [1.29, 1.82) is 0 Å². The lowest BCUT2D eigenvalue weighted by Crippen LogP contribution is -2.10. The largest absolute Gasteiger partial charge is 0.396 e. The van der Waals surface area contributed by atoms with Crippen LogP contribution in [-0.4, -0.2) is 24.4 Å². The minimum Gasteiger partial charge on any atom is -0.396 e. The van der Waals surface area contributed by atoms with Crippen LogP contribution in [-0.2, 0) is 11.2 Å². The van der Waals surface area contributed by atoms with Crippen LogP contribution in [0.5, 0.6) is 0 Å². The number of ether oxygens (including phenoxy) is 1. The van der Waals surface area contributed by atoms with E-state index in [1.165, 1.54) is 5.56 Å². The maximum atomic E-state index is 9.28. The van der Waals surface area contributed by atoms with E-state index in [9.17, 15) is 5.11 Å². The van der Waals surface area contributed by atoms with Gasteiger partial charge in [-0.05, 0) is 18.4 Å². The number of hydrogen-bond donors (Lipinski definition) is 1. The van der Waals surface area contributed by atoms with E-state index in [1.807, 2.05) is 6.07 Å². The molecule has 0 radical (unpaired) electrons. The van der Waals surface area contributed by atoms with Gasteiger partial charge in [0.2, 0.25) is 0 Å². The number of fused-ring (bicyclic) bond motifs is 1. The summed E-state index contributed by atoms with van der Waals surface area (Å²) in [5, 5.41) is 9.28. The van der Waals surface area contributed by atoms with Gasteiger partial charge in [-0.25, -0.2) is 0 Å². The third-order valence-electron chi connectivity index (χ3n) is 4.00. The molecule has 1 heterocycles. The molecule has 15 heavy (non-hydrogen) atoms. The summed E-state index contributed by atoms with van der Waals surface area (Å²) in [5.41, 5.74) is 1.62. The Labute approximate surface area is 89.9 Å². The molecule has 0 aromatic heterocycles. The molecule has 0 spiro atoms. The van der Waals surface area contributed by atoms with Crippen LogP contribution >= 0.6 is 0 Å². The molecule has 3 atom stereocenters. The Hall–Kier alpha value is -0.860. The molecule has 2 aliphatic rings. The van der Waals surface area contributed by atoms with Crippen LogP contribution in [0.3, 0.4) is 0 Å². The molecule has 0 unspecified atom stereocenters. The SMILES string of the molecule is OC[C@@H]1[C@H]2OCC[C@@]12Cc1ccccc1. The van der Waals surface area contributed by atoms with E-state index in [2.05, 4.69) is 24.3 Å². The highest BCUT2D eigenvalue weighted by Crippen LogP contribution is 2.62. The molecule has 3 rings (SSSR count). The molecule has 1 N–H and O–H groups in total. The zero-order valence-electron chi connectivity index (χ0n) is 8.73. The molecule has 1 aromatic carbocycles. The van der Waals surface area contributed by atoms with E-state index in [1.54, 1.807) is 0 Å². The van der Waals surface area contributed by atoms with Crippen molar-refractivity contribution in [3.05, 3.63) is 35.9 Å². The van der Waals surface area contributed by atoms with Gasteiger partial charge in [-0.15, -0.1) is 0 Å². The Morgan fingerprint density at radius 2 is 2.13 bits per heavy atom.